The summed E-state index contributed by atoms with van der Waals surface area (Å²) >= 11 is 0. The van der Waals surface area contributed by atoms with Gasteiger partial charge < -0.3 is 15.5 Å². The Labute approximate surface area is 96.9 Å². The summed E-state index contributed by atoms with van der Waals surface area (Å²) in [6.07, 6.45) is 0. The highest BCUT2D eigenvalue weighted by molar-refractivity contribution is 5.94. The highest BCUT2D eigenvalue weighted by Gasteiger charge is 2.17. The molecule has 0 spiro atoms. The van der Waals surface area contributed by atoms with Crippen LogP contribution in [0.4, 0.5) is 8.78 Å². The highest BCUT2D eigenvalue weighted by atomic mass is 19.1. The normalized spacial score (nSPS) is 10.7. The van der Waals surface area contributed by atoms with Crippen LogP contribution in [-0.2, 0) is 0 Å². The van der Waals surface area contributed by atoms with Crippen LogP contribution in [-0.4, -0.2) is 35.4 Å². The Bertz CT molecular complexity index is 419. The average molecular weight is 245 g/mol. The number of amides is 1. The van der Waals surface area contributed by atoms with E-state index in [1.807, 2.05) is 0 Å². The Morgan fingerprint density at radius 1 is 1.29 bits per heavy atom. The summed E-state index contributed by atoms with van der Waals surface area (Å²) in [4.78, 5) is 11.6. The van der Waals surface area contributed by atoms with E-state index in [-0.39, 0.29) is 11.1 Å². The molecule has 0 atom stereocenters. The van der Waals surface area contributed by atoms with Crippen LogP contribution in [0.15, 0.2) is 12.1 Å². The van der Waals surface area contributed by atoms with Crippen LogP contribution < -0.4 is 5.32 Å². The van der Waals surface area contributed by atoms with E-state index in [1.54, 1.807) is 0 Å². The van der Waals surface area contributed by atoms with E-state index in [9.17, 15) is 13.6 Å². The fourth-order valence-corrected chi connectivity index (χ4v) is 1.24. The van der Waals surface area contributed by atoms with Crippen molar-refractivity contribution in [1.29, 1.82) is 0 Å². The third-order valence-electron chi connectivity index (χ3n) is 2.27. The maximum absolute atomic E-state index is 13.3. The van der Waals surface area contributed by atoms with Gasteiger partial charge in [-0.05, 0) is 18.6 Å². The molecule has 0 bridgehead atoms. The van der Waals surface area contributed by atoms with Crippen molar-refractivity contribution in [2.24, 2.45) is 0 Å². The smallest absolute Gasteiger partial charge is 0.254 e. The number of hydrogen-bond acceptors (Lipinski definition) is 3. The zero-order valence-electron chi connectivity index (χ0n) is 9.20. The van der Waals surface area contributed by atoms with Gasteiger partial charge in [0.25, 0.3) is 5.91 Å². The first-order valence-electron chi connectivity index (χ1n) is 4.97. The van der Waals surface area contributed by atoms with E-state index in [0.29, 0.717) is 6.07 Å². The van der Waals surface area contributed by atoms with Gasteiger partial charge in [-0.15, -0.1) is 0 Å². The molecule has 0 aliphatic heterocycles. The fraction of sp³-hybridized carbons (Fsp3) is 0.364. The molecular weight excluding hydrogens is 232 g/mol. The highest BCUT2D eigenvalue weighted by Crippen LogP contribution is 2.14. The molecule has 0 unspecified atom stereocenters. The molecule has 17 heavy (non-hydrogen) atoms. The second-order valence-electron chi connectivity index (χ2n) is 3.62. The van der Waals surface area contributed by atoms with Crippen molar-refractivity contribution in [2.75, 3.05) is 13.2 Å². The van der Waals surface area contributed by atoms with Gasteiger partial charge in [-0.3, -0.25) is 4.79 Å². The molecule has 4 nitrogen and oxygen atoms in total. The van der Waals surface area contributed by atoms with Gasteiger partial charge in [-0.2, -0.15) is 0 Å². The van der Waals surface area contributed by atoms with Crippen LogP contribution in [0.25, 0.3) is 0 Å². The van der Waals surface area contributed by atoms with Crippen molar-refractivity contribution in [1.82, 2.24) is 5.32 Å². The third-order valence-corrected chi connectivity index (χ3v) is 2.27. The molecule has 0 aromatic heterocycles. The molecule has 1 rings (SSSR count). The van der Waals surface area contributed by atoms with Crippen LogP contribution in [0.2, 0.25) is 0 Å². The van der Waals surface area contributed by atoms with Crippen molar-refractivity contribution in [2.45, 2.75) is 13.0 Å². The Hall–Kier alpha value is -1.53. The van der Waals surface area contributed by atoms with Crippen molar-refractivity contribution in [3.8, 4) is 0 Å². The van der Waals surface area contributed by atoms with E-state index < -0.39 is 36.8 Å². The second-order valence-corrected chi connectivity index (χ2v) is 3.62. The fourth-order valence-electron chi connectivity index (χ4n) is 1.24. The molecule has 94 valence electrons. The van der Waals surface area contributed by atoms with E-state index in [2.05, 4.69) is 5.32 Å². The number of carbonyl (C=O) groups excluding carboxylic acids is 1. The van der Waals surface area contributed by atoms with Crippen LogP contribution >= 0.6 is 0 Å². The number of rotatable bonds is 4. The lowest BCUT2D eigenvalue weighted by atomic mass is 10.1. The van der Waals surface area contributed by atoms with Crippen LogP contribution in [0, 0.1) is 18.6 Å². The Balaban J connectivity index is 2.93. The number of aryl methyl sites for hydroxylation is 1. The molecule has 1 amide bonds. The molecule has 1 aromatic carbocycles. The van der Waals surface area contributed by atoms with E-state index in [0.717, 1.165) is 6.07 Å². The van der Waals surface area contributed by atoms with Gasteiger partial charge in [-0.1, -0.05) is 0 Å². The molecule has 0 heterocycles. The van der Waals surface area contributed by atoms with Gasteiger partial charge in [0.05, 0.1) is 24.8 Å². The first-order chi connectivity index (χ1) is 7.99. The summed E-state index contributed by atoms with van der Waals surface area (Å²) in [6, 6.07) is 0.829. The standard InChI is InChI=1S/C11H13F2NO3/c1-6-2-8(10(13)3-9(6)12)11(17)14-7(4-15)5-16/h2-3,7,15-16H,4-5H2,1H3,(H,14,17). The first-order valence-corrected chi connectivity index (χ1v) is 4.97. The Morgan fingerprint density at radius 3 is 2.41 bits per heavy atom. The SMILES string of the molecule is Cc1cc(C(=O)NC(CO)CO)c(F)cc1F. The average Bonchev–Trinajstić information content (AvgIpc) is 2.30. The molecule has 0 radical (unpaired) electrons. The van der Waals surface area contributed by atoms with Crippen molar-refractivity contribution < 1.29 is 23.8 Å². The molecule has 1 aromatic rings. The molecule has 0 fully saturated rings. The molecular formula is C11H13F2NO3. The minimum Gasteiger partial charge on any atom is -0.394 e. The van der Waals surface area contributed by atoms with Gasteiger partial charge >= 0.3 is 0 Å². The molecule has 6 heteroatoms. The summed E-state index contributed by atoms with van der Waals surface area (Å²) in [5.41, 5.74) is -0.183. The maximum Gasteiger partial charge on any atom is 0.254 e. The van der Waals surface area contributed by atoms with Crippen LogP contribution in [0.5, 0.6) is 0 Å². The van der Waals surface area contributed by atoms with Gasteiger partial charge in [0.2, 0.25) is 0 Å². The summed E-state index contributed by atoms with van der Waals surface area (Å²) in [5.74, 6) is -2.53. The summed E-state index contributed by atoms with van der Waals surface area (Å²) in [7, 11) is 0. The predicted molar refractivity (Wildman–Crippen MR) is 56.5 cm³/mol. The number of benzene rings is 1. The number of halogens is 2. The first kappa shape index (κ1) is 13.5. The van der Waals surface area contributed by atoms with Crippen molar-refractivity contribution in [3.05, 3.63) is 34.9 Å². The van der Waals surface area contributed by atoms with Gasteiger partial charge in [-0.25, -0.2) is 8.78 Å². The lowest BCUT2D eigenvalue weighted by Gasteiger charge is -2.14. The summed E-state index contributed by atoms with van der Waals surface area (Å²) in [6.45, 7) is 0.467. The zero-order chi connectivity index (χ0) is 13.0. The van der Waals surface area contributed by atoms with Crippen LogP contribution in [0.3, 0.4) is 0 Å². The van der Waals surface area contributed by atoms with Crippen molar-refractivity contribution >= 4 is 5.91 Å². The minimum atomic E-state index is -0.986. The van der Waals surface area contributed by atoms with E-state index in [4.69, 9.17) is 10.2 Å². The second kappa shape index (κ2) is 5.70. The molecule has 0 saturated carbocycles. The molecule has 0 aliphatic rings. The molecule has 3 N–H and O–H groups in total. The number of hydrogen-bond donors (Lipinski definition) is 3. The van der Waals surface area contributed by atoms with E-state index in [1.165, 1.54) is 6.92 Å². The minimum absolute atomic E-state index is 0.140. The van der Waals surface area contributed by atoms with Crippen LogP contribution in [0.1, 0.15) is 15.9 Å². The number of nitrogens with one attached hydrogen (secondary N) is 1. The number of aliphatic hydroxyl groups is 2. The van der Waals surface area contributed by atoms with Gasteiger partial charge in [0.15, 0.2) is 0 Å². The Morgan fingerprint density at radius 2 is 1.88 bits per heavy atom. The van der Waals surface area contributed by atoms with Gasteiger partial charge in [0, 0.05) is 6.07 Å². The lowest BCUT2D eigenvalue weighted by Crippen LogP contribution is -2.40. The predicted octanol–water partition coefficient (Wildman–Crippen LogP) is 0.356. The topological polar surface area (TPSA) is 69.6 Å². The number of carbonyl (C=O) groups is 1. The van der Waals surface area contributed by atoms with Gasteiger partial charge in [0.1, 0.15) is 11.6 Å². The molecule has 0 aliphatic carbocycles. The summed E-state index contributed by atoms with van der Waals surface area (Å²) < 4.78 is 26.3. The van der Waals surface area contributed by atoms with Crippen molar-refractivity contribution in [3.63, 3.8) is 0 Å². The monoisotopic (exact) mass is 245 g/mol. The third kappa shape index (κ3) is 3.21. The lowest BCUT2D eigenvalue weighted by molar-refractivity contribution is 0.0875. The zero-order valence-corrected chi connectivity index (χ0v) is 9.20. The molecule has 0 saturated heterocycles. The largest absolute Gasteiger partial charge is 0.394 e. The van der Waals surface area contributed by atoms with E-state index >= 15 is 0 Å². The maximum atomic E-state index is 13.3. The summed E-state index contributed by atoms with van der Waals surface area (Å²) in [5, 5.41) is 19.7. The Kier molecular flexibility index (Phi) is 4.53. The number of aliphatic hydroxyl groups excluding tert-OH is 2. The quantitative estimate of drug-likeness (QED) is 0.717.